The van der Waals surface area contributed by atoms with Crippen LogP contribution in [0.25, 0.3) is 0 Å². The third-order valence-electron chi connectivity index (χ3n) is 7.59. The molecular formula is C28H33FN2O. The highest BCUT2D eigenvalue weighted by molar-refractivity contribution is 5.82. The van der Waals surface area contributed by atoms with Crippen LogP contribution in [0.2, 0.25) is 0 Å². The quantitative estimate of drug-likeness (QED) is 0.582. The zero-order valence-electron chi connectivity index (χ0n) is 19.1. The van der Waals surface area contributed by atoms with Crippen LogP contribution in [-0.2, 0) is 19.4 Å². The van der Waals surface area contributed by atoms with Crippen LogP contribution in [0.5, 0.6) is 0 Å². The maximum Gasteiger partial charge on any atom is 0.123 e. The minimum Gasteiger partial charge on any atom is -0.389 e. The molecule has 3 N–H and O–H groups in total. The Hall–Kier alpha value is -2.56. The molecule has 0 bridgehead atoms. The monoisotopic (exact) mass is 432 g/mol. The van der Waals surface area contributed by atoms with Gasteiger partial charge in [0.05, 0.1) is 5.60 Å². The largest absolute Gasteiger partial charge is 0.389 e. The molecule has 1 unspecified atom stereocenters. The van der Waals surface area contributed by atoms with E-state index < -0.39 is 5.60 Å². The first-order valence-corrected chi connectivity index (χ1v) is 11.5. The van der Waals surface area contributed by atoms with Crippen molar-refractivity contribution in [2.45, 2.75) is 57.6 Å². The molecule has 0 spiro atoms. The molecule has 0 aromatic heterocycles. The van der Waals surface area contributed by atoms with E-state index in [0.29, 0.717) is 13.0 Å². The molecule has 3 nitrogen and oxygen atoms in total. The van der Waals surface area contributed by atoms with Gasteiger partial charge in [-0.1, -0.05) is 55.0 Å². The number of aliphatic hydroxyl groups is 1. The third-order valence-corrected chi connectivity index (χ3v) is 7.59. The van der Waals surface area contributed by atoms with Gasteiger partial charge in [0, 0.05) is 25.2 Å². The van der Waals surface area contributed by atoms with Crippen LogP contribution in [-0.4, -0.2) is 24.0 Å². The Labute approximate surface area is 190 Å². The van der Waals surface area contributed by atoms with E-state index >= 15 is 0 Å². The molecule has 2 aromatic rings. The van der Waals surface area contributed by atoms with Crippen LogP contribution < -0.4 is 5.73 Å². The molecule has 2 aliphatic carbocycles. The Morgan fingerprint density at radius 2 is 1.84 bits per heavy atom. The predicted octanol–water partition coefficient (Wildman–Crippen LogP) is 5.32. The molecule has 168 valence electrons. The van der Waals surface area contributed by atoms with Crippen molar-refractivity contribution < 1.29 is 9.50 Å². The average Bonchev–Trinajstić information content (AvgIpc) is 3.05. The molecule has 0 saturated heterocycles. The van der Waals surface area contributed by atoms with Crippen LogP contribution in [0.3, 0.4) is 0 Å². The van der Waals surface area contributed by atoms with Gasteiger partial charge in [-0.25, -0.2) is 4.39 Å². The highest BCUT2D eigenvalue weighted by Crippen LogP contribution is 2.57. The second kappa shape index (κ2) is 9.13. The zero-order valence-corrected chi connectivity index (χ0v) is 19.1. The van der Waals surface area contributed by atoms with Gasteiger partial charge in [0.2, 0.25) is 0 Å². The summed E-state index contributed by atoms with van der Waals surface area (Å²) in [5, 5.41) is 11.9. The van der Waals surface area contributed by atoms with Gasteiger partial charge in [-0.05, 0) is 78.5 Å². The second-order valence-electron chi connectivity index (χ2n) is 9.42. The van der Waals surface area contributed by atoms with Crippen molar-refractivity contribution in [2.75, 3.05) is 7.05 Å². The number of benzene rings is 2. The number of halogens is 1. The minimum absolute atomic E-state index is 0.218. The Bertz CT molecular complexity index is 1070. The zero-order chi connectivity index (χ0) is 22.8. The van der Waals surface area contributed by atoms with Crippen molar-refractivity contribution in [2.24, 2.45) is 16.1 Å². The summed E-state index contributed by atoms with van der Waals surface area (Å²) in [6, 6.07) is 15.0. The standard InChI is InChI=1S/C28H33FN2O/c1-27-17-24(19-31-2)23(15-20-7-9-26(29)10-8-20)16-25(27)12-14-28(27,32)13-11-21-5-3-4-6-22(21)18-30/h3-10,16,19,32H,11-15,17-18,30H2,1-2H3/b31-19-/t27?,28-/m0/s1. The number of aryl methyl sites for hydroxylation is 1. The number of fused-ring (bicyclic) bond motifs is 1. The summed E-state index contributed by atoms with van der Waals surface area (Å²) in [7, 11) is 1.79. The summed E-state index contributed by atoms with van der Waals surface area (Å²) in [4.78, 5) is 4.31. The fourth-order valence-corrected chi connectivity index (χ4v) is 5.51. The van der Waals surface area contributed by atoms with E-state index in [9.17, 15) is 9.50 Å². The predicted molar refractivity (Wildman–Crippen MR) is 129 cm³/mol. The molecule has 2 aromatic carbocycles. The summed E-state index contributed by atoms with van der Waals surface area (Å²) < 4.78 is 13.3. The van der Waals surface area contributed by atoms with Gasteiger partial charge in [0.15, 0.2) is 0 Å². The van der Waals surface area contributed by atoms with Gasteiger partial charge in [0.25, 0.3) is 0 Å². The summed E-state index contributed by atoms with van der Waals surface area (Å²) in [6.07, 6.45) is 8.90. The van der Waals surface area contributed by atoms with E-state index in [1.807, 2.05) is 30.5 Å². The molecule has 0 amide bonds. The molecule has 0 aliphatic heterocycles. The number of allylic oxidation sites excluding steroid dienone is 3. The number of nitrogens with two attached hydrogens (primary N) is 1. The van der Waals surface area contributed by atoms with E-state index in [1.54, 1.807) is 7.05 Å². The maximum atomic E-state index is 13.3. The lowest BCUT2D eigenvalue weighted by Crippen LogP contribution is -2.44. The number of hydrogen-bond donors (Lipinski definition) is 2. The Kier molecular flexibility index (Phi) is 6.45. The van der Waals surface area contributed by atoms with Crippen molar-refractivity contribution in [3.63, 3.8) is 0 Å². The smallest absolute Gasteiger partial charge is 0.123 e. The van der Waals surface area contributed by atoms with Gasteiger partial charge >= 0.3 is 0 Å². The van der Waals surface area contributed by atoms with Gasteiger partial charge < -0.3 is 10.8 Å². The molecule has 0 radical (unpaired) electrons. The van der Waals surface area contributed by atoms with Crippen molar-refractivity contribution in [1.82, 2.24) is 0 Å². The van der Waals surface area contributed by atoms with E-state index in [4.69, 9.17) is 5.73 Å². The molecule has 2 aliphatic rings. The highest BCUT2D eigenvalue weighted by Gasteiger charge is 2.54. The molecule has 4 rings (SSSR count). The number of nitrogens with zero attached hydrogens (tertiary/aromatic N) is 1. The lowest BCUT2D eigenvalue weighted by Gasteiger charge is -2.43. The van der Waals surface area contributed by atoms with Crippen molar-refractivity contribution >= 4 is 6.21 Å². The van der Waals surface area contributed by atoms with Crippen LogP contribution in [0, 0.1) is 11.2 Å². The first kappa shape index (κ1) is 22.6. The number of hydrogen-bond acceptors (Lipinski definition) is 3. The SMILES string of the molecule is C/N=C\C1=C(Cc2ccc(F)cc2)C=C2CC[C@@](O)(CCc3ccccc3CN)C2(C)C1. The molecule has 1 saturated carbocycles. The topological polar surface area (TPSA) is 58.6 Å². The Balaban J connectivity index is 1.59. The van der Waals surface area contributed by atoms with Crippen LogP contribution in [0.4, 0.5) is 4.39 Å². The van der Waals surface area contributed by atoms with Gasteiger partial charge in [-0.3, -0.25) is 4.99 Å². The van der Waals surface area contributed by atoms with E-state index in [1.165, 1.54) is 28.8 Å². The average molecular weight is 433 g/mol. The van der Waals surface area contributed by atoms with E-state index in [-0.39, 0.29) is 11.2 Å². The molecule has 1 fully saturated rings. The maximum absolute atomic E-state index is 13.3. The summed E-state index contributed by atoms with van der Waals surface area (Å²) >= 11 is 0. The van der Waals surface area contributed by atoms with Gasteiger partial charge in [0.1, 0.15) is 5.82 Å². The molecule has 0 heterocycles. The third kappa shape index (κ3) is 4.22. The lowest BCUT2D eigenvalue weighted by molar-refractivity contribution is -0.0459. The number of rotatable bonds is 7. The van der Waals surface area contributed by atoms with Crippen molar-refractivity contribution in [3.05, 3.63) is 93.8 Å². The first-order valence-electron chi connectivity index (χ1n) is 11.5. The van der Waals surface area contributed by atoms with Gasteiger partial charge in [-0.15, -0.1) is 0 Å². The van der Waals surface area contributed by atoms with Crippen molar-refractivity contribution in [3.8, 4) is 0 Å². The van der Waals surface area contributed by atoms with Crippen molar-refractivity contribution in [1.29, 1.82) is 0 Å². The fraction of sp³-hybridized carbons (Fsp3) is 0.393. The van der Waals surface area contributed by atoms with Crippen LogP contribution in [0.1, 0.15) is 49.3 Å². The highest BCUT2D eigenvalue weighted by atomic mass is 19.1. The summed E-state index contributed by atoms with van der Waals surface area (Å²) in [6.45, 7) is 2.72. The molecule has 2 atom stereocenters. The fourth-order valence-electron chi connectivity index (χ4n) is 5.51. The van der Waals surface area contributed by atoms with E-state index in [2.05, 4.69) is 30.1 Å². The molecular weight excluding hydrogens is 399 g/mol. The lowest BCUT2D eigenvalue weighted by atomic mass is 9.64. The van der Waals surface area contributed by atoms with E-state index in [0.717, 1.165) is 48.8 Å². The van der Waals surface area contributed by atoms with Crippen LogP contribution >= 0.6 is 0 Å². The molecule has 4 heteroatoms. The summed E-state index contributed by atoms with van der Waals surface area (Å²) in [5.74, 6) is -0.218. The molecule has 32 heavy (non-hydrogen) atoms. The van der Waals surface area contributed by atoms with Gasteiger partial charge in [-0.2, -0.15) is 0 Å². The first-order chi connectivity index (χ1) is 15.4. The second-order valence-corrected chi connectivity index (χ2v) is 9.42. The number of aliphatic imine (C=N–C) groups is 1. The summed E-state index contributed by atoms with van der Waals surface area (Å²) in [5.41, 5.74) is 12.0. The normalized spacial score (nSPS) is 25.3. The Morgan fingerprint density at radius 1 is 1.12 bits per heavy atom. The Morgan fingerprint density at radius 3 is 2.53 bits per heavy atom. The minimum atomic E-state index is -0.769. The van der Waals surface area contributed by atoms with Crippen LogP contribution in [0.15, 0.2) is 76.3 Å².